The smallest absolute Gasteiger partial charge is 0.423 e. The van der Waals surface area contributed by atoms with E-state index in [0.29, 0.717) is 5.46 Å². The van der Waals surface area contributed by atoms with E-state index in [0.717, 1.165) is 35.2 Å². The van der Waals surface area contributed by atoms with E-state index in [9.17, 15) is 0 Å². The molecule has 0 radical (unpaired) electrons. The van der Waals surface area contributed by atoms with Gasteiger partial charge in [0.25, 0.3) is 0 Å². The van der Waals surface area contributed by atoms with Gasteiger partial charge >= 0.3 is 7.12 Å². The Balaban J connectivity index is 0.000000201. The van der Waals surface area contributed by atoms with Crippen LogP contribution < -0.4 is 5.46 Å². The Morgan fingerprint density at radius 1 is 0.457 bits per heavy atom. The molecule has 0 spiro atoms. The molecule has 0 aliphatic heterocycles. The van der Waals surface area contributed by atoms with Crippen LogP contribution in [0, 0.1) is 0 Å². The Morgan fingerprint density at radius 3 is 1.35 bits per heavy atom. The van der Waals surface area contributed by atoms with Crippen molar-refractivity contribution in [3.05, 3.63) is 147 Å². The summed E-state index contributed by atoms with van der Waals surface area (Å²) < 4.78 is 3.33. The number of hydrogen-bond donors (Lipinski definition) is 4. The Labute approximate surface area is 293 Å². The molecule has 6 aromatic carbocycles. The van der Waals surface area contributed by atoms with Gasteiger partial charge < -0.3 is 20.0 Å². The highest BCUT2D eigenvalue weighted by Gasteiger charge is 2.12. The molecule has 234 valence electrons. The molecule has 0 fully saturated rings. The summed E-state index contributed by atoms with van der Waals surface area (Å²) in [6, 6.07) is 44.8. The summed E-state index contributed by atoms with van der Waals surface area (Å²) in [6.07, 6.45) is 0. The van der Waals surface area contributed by atoms with E-state index in [-0.39, 0.29) is 13.6 Å². The highest BCUT2D eigenvalue weighted by atomic mass is 79.9. The van der Waals surface area contributed by atoms with Crippen LogP contribution in [-0.4, -0.2) is 27.1 Å². The minimum atomic E-state index is -1.42. The molecular weight excluding hydrogens is 774 g/mol. The van der Waals surface area contributed by atoms with Gasteiger partial charge in [-0.3, -0.25) is 4.70 Å². The summed E-state index contributed by atoms with van der Waals surface area (Å²) in [5, 5.41) is 22.9. The molecule has 8 rings (SSSR count). The molecule has 0 unspecified atom stereocenters. The van der Waals surface area contributed by atoms with E-state index in [1.165, 1.54) is 32.9 Å². The lowest BCUT2D eigenvalue weighted by Crippen LogP contribution is -2.29. The number of aromatic amines is 2. The molecular formula is C37H33BBr3FN2O2. The molecule has 0 aliphatic carbocycles. The van der Waals surface area contributed by atoms with Gasteiger partial charge in [0.05, 0.1) is 0 Å². The number of halogens is 4. The highest BCUT2D eigenvalue weighted by molar-refractivity contribution is 9.11. The van der Waals surface area contributed by atoms with Crippen LogP contribution in [0.15, 0.2) is 147 Å². The summed E-state index contributed by atoms with van der Waals surface area (Å²) in [6.45, 7) is 0. The number of rotatable bonds is 2. The van der Waals surface area contributed by atoms with Gasteiger partial charge in [0.15, 0.2) is 0 Å². The van der Waals surface area contributed by atoms with Gasteiger partial charge in [0, 0.05) is 58.5 Å². The number of hydrogen-bond acceptors (Lipinski definition) is 2. The van der Waals surface area contributed by atoms with Gasteiger partial charge in [-0.1, -0.05) is 122 Å². The number of aromatic nitrogens is 2. The Morgan fingerprint density at radius 2 is 0.848 bits per heavy atom. The van der Waals surface area contributed by atoms with Gasteiger partial charge in [0.2, 0.25) is 0 Å². The van der Waals surface area contributed by atoms with Crippen LogP contribution in [0.1, 0.15) is 8.85 Å². The summed E-state index contributed by atoms with van der Waals surface area (Å²) in [5.74, 6) is 0. The minimum absolute atomic E-state index is 0. The Kier molecular flexibility index (Phi) is 12.0. The number of fused-ring (bicyclic) bond motifs is 6. The lowest BCUT2D eigenvalue weighted by molar-refractivity contribution is 0.426. The highest BCUT2D eigenvalue weighted by Crippen LogP contribution is 2.30. The summed E-state index contributed by atoms with van der Waals surface area (Å²) >= 11 is 10.1. The van der Waals surface area contributed by atoms with E-state index < -0.39 is 7.12 Å². The Hall–Kier alpha value is -3.73. The van der Waals surface area contributed by atoms with Gasteiger partial charge in [-0.25, -0.2) is 0 Å². The molecule has 0 aliphatic rings. The third-order valence-electron chi connectivity index (χ3n) is 7.32. The van der Waals surface area contributed by atoms with Crippen LogP contribution in [0.25, 0.3) is 54.7 Å². The fourth-order valence-corrected chi connectivity index (χ4v) is 5.92. The predicted octanol–water partition coefficient (Wildman–Crippen LogP) is 11.0. The average Bonchev–Trinajstić information content (AvgIpc) is 3.61. The van der Waals surface area contributed by atoms with E-state index in [4.69, 9.17) is 10.0 Å². The molecule has 4 N–H and O–H groups in total. The van der Waals surface area contributed by atoms with Crippen LogP contribution in [0.2, 0.25) is 0 Å². The predicted molar refractivity (Wildman–Crippen MR) is 208 cm³/mol. The summed E-state index contributed by atoms with van der Waals surface area (Å²) in [5.41, 5.74) is 7.43. The third kappa shape index (κ3) is 7.97. The number of H-pyrrole nitrogens is 2. The maximum Gasteiger partial charge on any atom is 0.488 e. The van der Waals surface area contributed by atoms with Crippen molar-refractivity contribution in [2.75, 3.05) is 0 Å². The molecule has 2 heterocycles. The number of benzene rings is 6. The fourth-order valence-electron chi connectivity index (χ4n) is 5.13. The van der Waals surface area contributed by atoms with Crippen LogP contribution in [0.4, 0.5) is 4.70 Å². The average molecular weight is 808 g/mol. The van der Waals surface area contributed by atoms with Crippen LogP contribution in [-0.2, 0) is 0 Å². The standard InChI is InChI=1S/C18H12BrN.C12H10BNO2.C6H4Br2.CH4.FH.H2/c19-14-8-5-12(6-9-14)13-7-10-18-16(11-13)15-3-1-2-4-17(15)20-18;15-13(16)8-5-6-12-10(7-8)9-3-1-2-4-11(9)14-12;7-5-1-2-6(8)4-3-5;;;/h1-11,20H;1-7,14-16H;1-4H;1H4;2*1H/i;;;;;1+1. The lowest BCUT2D eigenvalue weighted by Gasteiger charge is -2.02. The first-order valence-corrected chi connectivity index (χ1v) is 16.3. The molecule has 2 aromatic heterocycles. The van der Waals surface area contributed by atoms with Crippen molar-refractivity contribution in [1.29, 1.82) is 0 Å². The van der Waals surface area contributed by atoms with Crippen LogP contribution >= 0.6 is 47.8 Å². The van der Waals surface area contributed by atoms with Gasteiger partial charge in [-0.15, -0.1) is 0 Å². The molecule has 0 saturated heterocycles. The zero-order valence-corrected chi connectivity index (χ0v) is 28.5. The topological polar surface area (TPSA) is 72.0 Å². The maximum absolute atomic E-state index is 9.14. The molecule has 46 heavy (non-hydrogen) atoms. The molecule has 0 saturated carbocycles. The molecule has 4 nitrogen and oxygen atoms in total. The SMILES string of the molecule is Brc1ccc(-c2ccc3[nH]c4ccccc4c3c2)cc1.Brc1ccc(Br)cc1.C.F.OB(O)c1ccc2[nH]c3ccccc3c2c1.[2HH]. The van der Waals surface area contributed by atoms with E-state index >= 15 is 0 Å². The summed E-state index contributed by atoms with van der Waals surface area (Å²) in [7, 11) is -1.42. The first-order chi connectivity index (χ1) is 21.4. The zero-order valence-electron chi connectivity index (χ0n) is 23.7. The minimum Gasteiger partial charge on any atom is -0.423 e. The van der Waals surface area contributed by atoms with Crippen molar-refractivity contribution in [3.8, 4) is 11.1 Å². The van der Waals surface area contributed by atoms with Crippen molar-refractivity contribution in [3.63, 3.8) is 0 Å². The van der Waals surface area contributed by atoms with Crippen LogP contribution in [0.3, 0.4) is 0 Å². The molecule has 0 amide bonds. The summed E-state index contributed by atoms with van der Waals surface area (Å²) in [4.78, 5) is 6.74. The first kappa shape index (κ1) is 35.1. The van der Waals surface area contributed by atoms with Crippen molar-refractivity contribution in [2.24, 2.45) is 0 Å². The maximum atomic E-state index is 9.14. The number of nitrogens with one attached hydrogen (secondary N) is 2. The van der Waals surface area contributed by atoms with Gasteiger partial charge in [-0.05, 0) is 83.3 Å². The largest absolute Gasteiger partial charge is 0.488 e. The normalized spacial score (nSPS) is 10.4. The quantitative estimate of drug-likeness (QED) is 0.131. The first-order valence-electron chi connectivity index (χ1n) is 13.9. The lowest BCUT2D eigenvalue weighted by atomic mass is 9.80. The van der Waals surface area contributed by atoms with E-state index in [2.05, 4.69) is 124 Å². The molecule has 0 atom stereocenters. The second-order valence-corrected chi connectivity index (χ2v) is 13.0. The molecule has 9 heteroatoms. The van der Waals surface area contributed by atoms with E-state index in [1.807, 2.05) is 54.6 Å². The van der Waals surface area contributed by atoms with Crippen molar-refractivity contribution >= 4 is 104 Å². The van der Waals surface area contributed by atoms with Crippen molar-refractivity contribution < 1.29 is 16.2 Å². The molecule has 8 aromatic rings. The van der Waals surface area contributed by atoms with Crippen molar-refractivity contribution in [1.82, 2.24) is 9.97 Å². The number of para-hydroxylation sites is 2. The second-order valence-electron chi connectivity index (χ2n) is 10.2. The second kappa shape index (κ2) is 15.7. The van der Waals surface area contributed by atoms with Gasteiger partial charge in [-0.2, -0.15) is 0 Å². The van der Waals surface area contributed by atoms with Crippen molar-refractivity contribution in [2.45, 2.75) is 7.43 Å². The van der Waals surface area contributed by atoms with E-state index in [1.54, 1.807) is 12.1 Å². The zero-order chi connectivity index (χ0) is 30.6. The third-order valence-corrected chi connectivity index (χ3v) is 8.90. The molecule has 0 bridgehead atoms. The Bertz CT molecular complexity index is 2180. The van der Waals surface area contributed by atoms with Gasteiger partial charge in [0.1, 0.15) is 0 Å². The van der Waals surface area contributed by atoms with Crippen LogP contribution in [0.5, 0.6) is 0 Å². The monoisotopic (exact) mass is 805 g/mol. The fraction of sp³-hybridized carbons (Fsp3) is 0.0270.